The maximum absolute atomic E-state index is 12.3. The fourth-order valence-corrected chi connectivity index (χ4v) is 3.17. The van der Waals surface area contributed by atoms with Gasteiger partial charge >= 0.3 is 0 Å². The van der Waals surface area contributed by atoms with E-state index in [0.717, 1.165) is 12.8 Å². The summed E-state index contributed by atoms with van der Waals surface area (Å²) in [6.45, 7) is 4.56. The molecular weight excluding hydrogens is 306 g/mol. The van der Waals surface area contributed by atoms with Crippen molar-refractivity contribution >= 4 is 17.5 Å². The highest BCUT2D eigenvalue weighted by Crippen LogP contribution is 2.50. The van der Waals surface area contributed by atoms with E-state index in [1.807, 2.05) is 13.8 Å². The van der Waals surface area contributed by atoms with E-state index in [1.165, 1.54) is 0 Å². The minimum Gasteiger partial charge on any atom is -0.454 e. The third-order valence-electron chi connectivity index (χ3n) is 4.44. The van der Waals surface area contributed by atoms with Gasteiger partial charge in [0.05, 0.1) is 11.1 Å². The van der Waals surface area contributed by atoms with Gasteiger partial charge in [-0.05, 0) is 30.9 Å². The molecule has 1 aliphatic carbocycles. The third kappa shape index (κ3) is 2.75. The molecule has 6 heteroatoms. The van der Waals surface area contributed by atoms with Gasteiger partial charge in [0.25, 0.3) is 5.91 Å². The van der Waals surface area contributed by atoms with E-state index in [9.17, 15) is 9.90 Å². The topological polar surface area (TPSA) is 67.8 Å². The van der Waals surface area contributed by atoms with Crippen LogP contribution < -0.4 is 14.8 Å². The number of nitrogens with one attached hydrogen (secondary N) is 1. The number of fused-ring (bicyclic) bond motifs is 1. The van der Waals surface area contributed by atoms with E-state index in [1.54, 1.807) is 12.1 Å². The second-order valence-corrected chi connectivity index (χ2v) is 6.83. The minimum absolute atomic E-state index is 0.115. The molecular formula is C16H20ClNO4. The lowest BCUT2D eigenvalue weighted by Crippen LogP contribution is -2.38. The van der Waals surface area contributed by atoms with Crippen molar-refractivity contribution in [1.82, 2.24) is 5.32 Å². The number of carbonyl (C=O) groups is 1. The molecule has 0 aromatic heterocycles. The molecule has 0 unspecified atom stereocenters. The first kappa shape index (κ1) is 15.4. The molecule has 0 radical (unpaired) electrons. The fraction of sp³-hybridized carbons (Fsp3) is 0.562. The Morgan fingerprint density at radius 2 is 2.14 bits per heavy atom. The molecule has 22 heavy (non-hydrogen) atoms. The largest absolute Gasteiger partial charge is 0.454 e. The zero-order valence-corrected chi connectivity index (χ0v) is 13.4. The highest BCUT2D eigenvalue weighted by molar-refractivity contribution is 6.32. The quantitative estimate of drug-likeness (QED) is 0.873. The predicted molar refractivity (Wildman–Crippen MR) is 82.4 cm³/mol. The molecule has 0 bridgehead atoms. The van der Waals surface area contributed by atoms with Gasteiger partial charge < -0.3 is 19.9 Å². The van der Waals surface area contributed by atoms with Crippen LogP contribution in [0.25, 0.3) is 0 Å². The van der Waals surface area contributed by atoms with E-state index in [2.05, 4.69) is 5.32 Å². The number of aliphatic hydroxyl groups is 1. The van der Waals surface area contributed by atoms with Crippen LogP contribution in [0.3, 0.4) is 0 Å². The summed E-state index contributed by atoms with van der Waals surface area (Å²) in [4.78, 5) is 12.3. The summed E-state index contributed by atoms with van der Waals surface area (Å²) in [5.74, 6) is 0.926. The first-order valence-corrected chi connectivity index (χ1v) is 7.86. The lowest BCUT2D eigenvalue weighted by Gasteiger charge is -2.25. The molecule has 1 atom stereocenters. The summed E-state index contributed by atoms with van der Waals surface area (Å²) in [7, 11) is 0. The second kappa shape index (κ2) is 5.63. The molecule has 0 saturated heterocycles. The summed E-state index contributed by atoms with van der Waals surface area (Å²) >= 11 is 6.09. The van der Waals surface area contributed by atoms with Crippen LogP contribution in [0, 0.1) is 11.3 Å². The molecule has 1 heterocycles. The molecule has 2 aliphatic rings. The van der Waals surface area contributed by atoms with Gasteiger partial charge in [-0.1, -0.05) is 25.4 Å². The molecule has 0 spiro atoms. The van der Waals surface area contributed by atoms with E-state index < -0.39 is 6.10 Å². The Kier molecular flexibility index (Phi) is 3.95. The maximum atomic E-state index is 12.3. The van der Waals surface area contributed by atoms with E-state index in [4.69, 9.17) is 21.1 Å². The van der Waals surface area contributed by atoms with Crippen molar-refractivity contribution in [3.63, 3.8) is 0 Å². The van der Waals surface area contributed by atoms with Gasteiger partial charge in [-0.2, -0.15) is 0 Å². The summed E-state index contributed by atoms with van der Waals surface area (Å²) in [5.41, 5.74) is 0.258. The molecule has 1 aliphatic heterocycles. The SMILES string of the molecule is CC(C)[C@@H](O)C1(CNC(=O)c2cc(Cl)c3c(c2)OCO3)CC1. The smallest absolute Gasteiger partial charge is 0.251 e. The summed E-state index contributed by atoms with van der Waals surface area (Å²) in [6.07, 6.45) is 1.48. The van der Waals surface area contributed by atoms with E-state index in [-0.39, 0.29) is 24.0 Å². The Labute approximate surface area is 134 Å². The number of hydrogen-bond donors (Lipinski definition) is 2. The van der Waals surface area contributed by atoms with E-state index in [0.29, 0.717) is 28.6 Å². The summed E-state index contributed by atoms with van der Waals surface area (Å²) < 4.78 is 10.5. The molecule has 120 valence electrons. The number of halogens is 1. The van der Waals surface area contributed by atoms with Gasteiger partial charge in [0.15, 0.2) is 11.5 Å². The van der Waals surface area contributed by atoms with Gasteiger partial charge in [-0.25, -0.2) is 0 Å². The van der Waals surface area contributed by atoms with E-state index >= 15 is 0 Å². The molecule has 1 saturated carbocycles. The number of benzene rings is 1. The highest BCUT2D eigenvalue weighted by atomic mass is 35.5. The van der Waals surface area contributed by atoms with Gasteiger partial charge in [0.1, 0.15) is 0 Å². The molecule has 5 nitrogen and oxygen atoms in total. The standard InChI is InChI=1S/C16H20ClNO4/c1-9(2)14(19)16(3-4-16)7-18-15(20)10-5-11(17)13-12(6-10)21-8-22-13/h5-6,9,14,19H,3-4,7-8H2,1-2H3,(H,18,20)/t14-/m1/s1. The number of rotatable bonds is 5. The van der Waals surface area contributed by atoms with Crippen molar-refractivity contribution in [2.24, 2.45) is 11.3 Å². The van der Waals surface area contributed by atoms with Gasteiger partial charge in [0, 0.05) is 17.5 Å². The summed E-state index contributed by atoms with van der Waals surface area (Å²) in [5, 5.41) is 13.5. The Bertz CT molecular complexity index is 598. The molecule has 2 N–H and O–H groups in total. The van der Waals surface area contributed by atoms with Crippen LogP contribution in [-0.4, -0.2) is 30.5 Å². The average molecular weight is 326 g/mol. The zero-order valence-electron chi connectivity index (χ0n) is 12.7. The number of aliphatic hydroxyl groups excluding tert-OH is 1. The predicted octanol–water partition coefficient (Wildman–Crippen LogP) is 2.60. The van der Waals surface area contributed by atoms with Crippen LogP contribution in [0.5, 0.6) is 11.5 Å². The molecule has 1 aromatic carbocycles. The fourth-order valence-electron chi connectivity index (χ4n) is 2.90. The van der Waals surface area contributed by atoms with Crippen molar-refractivity contribution in [2.75, 3.05) is 13.3 Å². The molecule has 3 rings (SSSR count). The van der Waals surface area contributed by atoms with Crippen molar-refractivity contribution in [3.05, 3.63) is 22.7 Å². The van der Waals surface area contributed by atoms with Gasteiger partial charge in [-0.3, -0.25) is 4.79 Å². The van der Waals surface area contributed by atoms with Crippen molar-refractivity contribution < 1.29 is 19.4 Å². The lowest BCUT2D eigenvalue weighted by molar-refractivity contribution is 0.0490. The number of ether oxygens (including phenoxy) is 2. The van der Waals surface area contributed by atoms with Gasteiger partial charge in [0.2, 0.25) is 6.79 Å². The first-order chi connectivity index (χ1) is 10.4. The van der Waals surface area contributed by atoms with Crippen molar-refractivity contribution in [1.29, 1.82) is 0 Å². The van der Waals surface area contributed by atoms with Crippen LogP contribution >= 0.6 is 11.6 Å². The molecule has 1 fully saturated rings. The Morgan fingerprint density at radius 1 is 1.41 bits per heavy atom. The zero-order chi connectivity index (χ0) is 15.9. The van der Waals surface area contributed by atoms with Crippen LogP contribution in [0.15, 0.2) is 12.1 Å². The second-order valence-electron chi connectivity index (χ2n) is 6.43. The maximum Gasteiger partial charge on any atom is 0.251 e. The Balaban J connectivity index is 1.67. The van der Waals surface area contributed by atoms with Crippen LogP contribution in [0.1, 0.15) is 37.0 Å². The first-order valence-electron chi connectivity index (χ1n) is 7.48. The Hall–Kier alpha value is -1.46. The normalized spacial score (nSPS) is 19.1. The van der Waals surface area contributed by atoms with Crippen LogP contribution in [0.4, 0.5) is 0 Å². The lowest BCUT2D eigenvalue weighted by atomic mass is 9.90. The van der Waals surface area contributed by atoms with Crippen LogP contribution in [-0.2, 0) is 0 Å². The Morgan fingerprint density at radius 3 is 2.77 bits per heavy atom. The summed E-state index contributed by atoms with van der Waals surface area (Å²) in [6, 6.07) is 3.20. The monoisotopic (exact) mass is 325 g/mol. The van der Waals surface area contributed by atoms with Crippen molar-refractivity contribution in [3.8, 4) is 11.5 Å². The third-order valence-corrected chi connectivity index (χ3v) is 4.72. The average Bonchev–Trinajstić information content (AvgIpc) is 3.12. The number of hydrogen-bond acceptors (Lipinski definition) is 4. The molecule has 1 aromatic rings. The highest BCUT2D eigenvalue weighted by Gasteiger charge is 2.49. The van der Waals surface area contributed by atoms with Gasteiger partial charge in [-0.15, -0.1) is 0 Å². The van der Waals surface area contributed by atoms with Crippen molar-refractivity contribution in [2.45, 2.75) is 32.8 Å². The number of amides is 1. The van der Waals surface area contributed by atoms with Crippen LogP contribution in [0.2, 0.25) is 5.02 Å². The molecule has 1 amide bonds. The number of carbonyl (C=O) groups excluding carboxylic acids is 1. The minimum atomic E-state index is -0.395.